The van der Waals surface area contributed by atoms with Gasteiger partial charge in [-0.1, -0.05) is 26.8 Å². The molecule has 0 aliphatic carbocycles. The summed E-state index contributed by atoms with van der Waals surface area (Å²) in [6.07, 6.45) is 1.99. The Labute approximate surface area is 162 Å². The minimum atomic E-state index is -0.114. The van der Waals surface area contributed by atoms with Gasteiger partial charge in [-0.3, -0.25) is 4.40 Å². The number of hydrogen-bond acceptors (Lipinski definition) is 7. The van der Waals surface area contributed by atoms with Crippen molar-refractivity contribution < 1.29 is 0 Å². The molecule has 9 heteroatoms. The van der Waals surface area contributed by atoms with Gasteiger partial charge in [-0.15, -0.1) is 25.5 Å². The van der Waals surface area contributed by atoms with Crippen molar-refractivity contribution in [2.45, 2.75) is 32.2 Å². The first-order chi connectivity index (χ1) is 13.4. The fourth-order valence-electron chi connectivity index (χ4n) is 3.54. The van der Waals surface area contributed by atoms with Crippen LogP contribution in [0, 0.1) is 0 Å². The van der Waals surface area contributed by atoms with E-state index >= 15 is 0 Å². The molecule has 1 aliphatic rings. The van der Waals surface area contributed by atoms with Gasteiger partial charge < -0.3 is 9.80 Å². The maximum Gasteiger partial charge on any atom is 0.231 e. The van der Waals surface area contributed by atoms with Crippen LogP contribution in [-0.4, -0.2) is 60.6 Å². The van der Waals surface area contributed by atoms with E-state index in [4.69, 9.17) is 5.10 Å². The third kappa shape index (κ3) is 2.57. The van der Waals surface area contributed by atoms with E-state index in [-0.39, 0.29) is 5.41 Å². The number of rotatable bonds is 3. The van der Waals surface area contributed by atoms with Crippen LogP contribution in [0.4, 0.5) is 11.8 Å². The van der Waals surface area contributed by atoms with Crippen LogP contribution in [-0.2, 0) is 5.41 Å². The average molecular weight is 377 g/mol. The van der Waals surface area contributed by atoms with Gasteiger partial charge in [0.15, 0.2) is 17.1 Å². The smallest absolute Gasteiger partial charge is 0.231 e. The highest BCUT2D eigenvalue weighted by molar-refractivity contribution is 5.52. The lowest BCUT2D eigenvalue weighted by Gasteiger charge is -2.44. The number of nitrogens with zero attached hydrogens (tertiary/aromatic N) is 9. The summed E-state index contributed by atoms with van der Waals surface area (Å²) >= 11 is 0. The molecule has 5 rings (SSSR count). The highest BCUT2D eigenvalue weighted by Gasteiger charge is 2.33. The van der Waals surface area contributed by atoms with Crippen molar-refractivity contribution in [3.05, 3.63) is 42.4 Å². The van der Waals surface area contributed by atoms with Gasteiger partial charge in [0.25, 0.3) is 0 Å². The van der Waals surface area contributed by atoms with Crippen LogP contribution in [0.5, 0.6) is 0 Å². The summed E-state index contributed by atoms with van der Waals surface area (Å²) in [4.78, 5) is 4.45. The van der Waals surface area contributed by atoms with Gasteiger partial charge in [0, 0.05) is 31.7 Å². The molecule has 0 atom stereocenters. The van der Waals surface area contributed by atoms with Gasteiger partial charge in [0.05, 0.1) is 6.04 Å². The number of aromatic nitrogens is 7. The number of hydrogen-bond donors (Lipinski definition) is 0. The molecule has 0 radical (unpaired) electrons. The van der Waals surface area contributed by atoms with Crippen molar-refractivity contribution in [1.82, 2.24) is 34.4 Å². The first kappa shape index (κ1) is 16.9. The van der Waals surface area contributed by atoms with Gasteiger partial charge >= 0.3 is 0 Å². The Bertz CT molecular complexity index is 1150. The molecule has 28 heavy (non-hydrogen) atoms. The molecule has 4 aromatic rings. The van der Waals surface area contributed by atoms with E-state index in [2.05, 4.69) is 58.0 Å². The molecule has 5 heterocycles. The summed E-state index contributed by atoms with van der Waals surface area (Å²) in [5.74, 6) is 2.67. The average Bonchev–Trinajstić information content (AvgIpc) is 3.24. The topological polar surface area (TPSA) is 79.8 Å². The molecule has 144 valence electrons. The molecule has 4 aromatic heterocycles. The van der Waals surface area contributed by atoms with Gasteiger partial charge in [0.2, 0.25) is 5.95 Å². The fraction of sp³-hybridized carbons (Fsp3) is 0.421. The Balaban J connectivity index is 1.36. The molecule has 0 aromatic carbocycles. The highest BCUT2D eigenvalue weighted by atomic mass is 15.4. The van der Waals surface area contributed by atoms with Crippen LogP contribution >= 0.6 is 0 Å². The lowest BCUT2D eigenvalue weighted by molar-refractivity contribution is 0.479. The largest absolute Gasteiger partial charge is 0.351 e. The lowest BCUT2D eigenvalue weighted by Crippen LogP contribution is -2.59. The first-order valence-electron chi connectivity index (χ1n) is 9.42. The minimum absolute atomic E-state index is 0.114. The third-order valence-corrected chi connectivity index (χ3v) is 5.26. The lowest BCUT2D eigenvalue weighted by atomic mass is 9.96. The zero-order valence-corrected chi connectivity index (χ0v) is 16.5. The summed E-state index contributed by atoms with van der Waals surface area (Å²) in [6.45, 7) is 8.12. The number of likely N-dealkylation sites (N-methyl/N-ethyl adjacent to an activating group) is 1. The molecule has 0 N–H and O–H groups in total. The van der Waals surface area contributed by atoms with E-state index in [1.807, 2.05) is 45.4 Å². The van der Waals surface area contributed by atoms with Crippen molar-refractivity contribution in [3.63, 3.8) is 0 Å². The van der Waals surface area contributed by atoms with Crippen LogP contribution in [0.2, 0.25) is 0 Å². The predicted molar refractivity (Wildman–Crippen MR) is 107 cm³/mol. The van der Waals surface area contributed by atoms with Crippen LogP contribution in [0.3, 0.4) is 0 Å². The van der Waals surface area contributed by atoms with Crippen LogP contribution < -0.4 is 9.80 Å². The van der Waals surface area contributed by atoms with E-state index in [0.29, 0.717) is 6.04 Å². The van der Waals surface area contributed by atoms with E-state index in [1.165, 1.54) is 0 Å². The molecule has 1 aliphatic heterocycles. The second-order valence-corrected chi connectivity index (χ2v) is 8.33. The predicted octanol–water partition coefficient (Wildman–Crippen LogP) is 1.79. The molecular weight excluding hydrogens is 354 g/mol. The molecule has 0 amide bonds. The Morgan fingerprint density at radius 1 is 0.964 bits per heavy atom. The van der Waals surface area contributed by atoms with E-state index in [1.54, 1.807) is 0 Å². The Hall–Kier alpha value is -3.23. The van der Waals surface area contributed by atoms with Crippen molar-refractivity contribution in [2.24, 2.45) is 0 Å². The summed E-state index contributed by atoms with van der Waals surface area (Å²) in [5.41, 5.74) is 1.52. The second-order valence-electron chi connectivity index (χ2n) is 8.33. The Morgan fingerprint density at radius 2 is 1.75 bits per heavy atom. The molecular formula is C19H23N9. The maximum atomic E-state index is 4.80. The van der Waals surface area contributed by atoms with Crippen LogP contribution in [0.1, 0.15) is 26.6 Å². The Kier molecular flexibility index (Phi) is 3.55. The van der Waals surface area contributed by atoms with Crippen LogP contribution in [0.25, 0.3) is 11.3 Å². The minimum Gasteiger partial charge on any atom is -0.351 e. The normalized spacial score (nSPS) is 15.4. The number of pyridine rings is 1. The molecule has 1 saturated heterocycles. The molecule has 9 nitrogen and oxygen atoms in total. The standard InChI is InChI=1S/C19H23N9/c1-19(2,3)17-22-21-15-8-9-16(24-28(15)17)26-11-13(12-26)25(4)18-23-20-14-7-5-6-10-27(14)18/h5-10,13H,11-12H2,1-4H3. The SMILES string of the molecule is CN(c1nnc2ccccn12)C1CN(c2ccc3nnc(C(C)(C)C)n3n2)C1. The molecule has 0 unspecified atom stereocenters. The summed E-state index contributed by atoms with van der Waals surface area (Å²) in [7, 11) is 2.07. The van der Waals surface area contributed by atoms with Gasteiger partial charge in [-0.05, 0) is 24.3 Å². The Morgan fingerprint density at radius 3 is 2.54 bits per heavy atom. The zero-order chi connectivity index (χ0) is 19.5. The van der Waals surface area contributed by atoms with Crippen molar-refractivity contribution >= 4 is 23.1 Å². The quantitative estimate of drug-likeness (QED) is 0.538. The third-order valence-electron chi connectivity index (χ3n) is 5.26. The first-order valence-corrected chi connectivity index (χ1v) is 9.42. The molecule has 1 fully saturated rings. The summed E-state index contributed by atoms with van der Waals surface area (Å²) in [5, 5.41) is 22.0. The van der Waals surface area contributed by atoms with E-state index in [0.717, 1.165) is 42.0 Å². The van der Waals surface area contributed by atoms with Crippen molar-refractivity contribution in [3.8, 4) is 0 Å². The van der Waals surface area contributed by atoms with E-state index in [9.17, 15) is 0 Å². The monoisotopic (exact) mass is 377 g/mol. The number of anilines is 2. The fourth-order valence-corrected chi connectivity index (χ4v) is 3.54. The van der Waals surface area contributed by atoms with Crippen molar-refractivity contribution in [1.29, 1.82) is 0 Å². The molecule has 0 saturated carbocycles. The summed E-state index contributed by atoms with van der Waals surface area (Å²) < 4.78 is 3.87. The van der Waals surface area contributed by atoms with Crippen LogP contribution in [0.15, 0.2) is 36.5 Å². The van der Waals surface area contributed by atoms with E-state index < -0.39 is 0 Å². The van der Waals surface area contributed by atoms with Crippen molar-refractivity contribution in [2.75, 3.05) is 29.9 Å². The van der Waals surface area contributed by atoms with Gasteiger partial charge in [0.1, 0.15) is 5.82 Å². The number of fused-ring (bicyclic) bond motifs is 2. The summed E-state index contributed by atoms with van der Waals surface area (Å²) in [6, 6.07) is 10.3. The van der Waals surface area contributed by atoms with Gasteiger partial charge in [-0.25, -0.2) is 0 Å². The molecule has 0 spiro atoms. The zero-order valence-electron chi connectivity index (χ0n) is 16.5. The molecule has 0 bridgehead atoms. The maximum absolute atomic E-state index is 4.80. The second kappa shape index (κ2) is 5.88. The van der Waals surface area contributed by atoms with Gasteiger partial charge in [-0.2, -0.15) is 4.52 Å². The highest BCUT2D eigenvalue weighted by Crippen LogP contribution is 2.26.